The number of benzene rings is 4. The van der Waals surface area contributed by atoms with E-state index in [0.29, 0.717) is 0 Å². The van der Waals surface area contributed by atoms with Crippen molar-refractivity contribution in [3.8, 4) is 0 Å². The molecule has 0 aromatic heterocycles. The zero-order valence-corrected chi connectivity index (χ0v) is 92.0. The molecule has 4 aromatic rings. The van der Waals surface area contributed by atoms with E-state index in [-0.39, 0.29) is 65.0 Å². The summed E-state index contributed by atoms with van der Waals surface area (Å²) in [5.74, 6) is 0. The predicted molar refractivity (Wildman–Crippen MR) is 563 cm³/mol. The minimum atomic E-state index is -2.41. The molecule has 0 aliphatic carbocycles. The smallest absolute Gasteiger partial charge is 0.273 e. The van der Waals surface area contributed by atoms with Gasteiger partial charge in [-0.15, -0.1) is 0 Å². The Hall–Kier alpha value is -2.73. The molecule has 0 saturated carbocycles. The summed E-state index contributed by atoms with van der Waals surface area (Å²) in [4.78, 5) is 0. The molecule has 0 unspecified atom stereocenters. The van der Waals surface area contributed by atoms with Crippen molar-refractivity contribution in [3.63, 3.8) is 0 Å². The molecule has 0 bridgehead atoms. The lowest BCUT2D eigenvalue weighted by molar-refractivity contribution is 0.405. The molecule has 4 rings (SSSR count). The molecule has 0 amide bonds. The van der Waals surface area contributed by atoms with Gasteiger partial charge in [0, 0.05) is 0 Å². The molecule has 0 aliphatic heterocycles. The fourth-order valence-corrected chi connectivity index (χ4v) is 28.8. The van der Waals surface area contributed by atoms with E-state index in [2.05, 4.69) is 298 Å². The van der Waals surface area contributed by atoms with E-state index in [1.165, 1.54) is 283 Å². The van der Waals surface area contributed by atoms with Crippen LogP contribution in [0.15, 0.2) is 48.5 Å². The SMILES string of the molecule is CCCCCC(C)(C)c1cc(C(C)(C)CCCCC)c(C(C)(C)CCCCC)cc1[Si](O[Si](c1cc(C(C)(C)CCCCC)c(C(C)(C)CCCCC)cc1C(C)(C)CCCCC)c1cc(C(C)(C)CCCCC)c(C(C)(C)CCCCC)cc1C(C)(C)CCCCC)c1cc(C(C)(C)CCCCC)c(C(C)(C)CCCCC)cc1C(C)(C)CCCCC. The third-order valence-electron chi connectivity index (χ3n) is 31.4. The molecule has 2 radical (unpaired) electrons. The van der Waals surface area contributed by atoms with Gasteiger partial charge in [-0.1, -0.05) is 529 Å². The van der Waals surface area contributed by atoms with Gasteiger partial charge in [0.1, 0.15) is 0 Å². The maximum Gasteiger partial charge on any atom is 0.273 e. The van der Waals surface area contributed by atoms with Crippen LogP contribution >= 0.6 is 0 Å². The fourth-order valence-electron chi connectivity index (χ4n) is 21.9. The second-order valence-corrected chi connectivity index (χ2v) is 52.9. The Bertz CT molecular complexity index is 3180. The van der Waals surface area contributed by atoms with Crippen molar-refractivity contribution in [3.05, 3.63) is 115 Å². The Balaban J connectivity index is 3.06. The number of unbranched alkanes of at least 4 members (excludes halogenated alkanes) is 24. The van der Waals surface area contributed by atoms with E-state index in [0.717, 1.165) is 25.7 Å². The van der Waals surface area contributed by atoms with E-state index in [9.17, 15) is 4.12 Å². The van der Waals surface area contributed by atoms with E-state index in [1.807, 2.05) is 0 Å². The molecule has 0 fully saturated rings. The summed E-state index contributed by atoms with van der Waals surface area (Å²) in [6.07, 6.45) is 58.7. The third-order valence-corrected chi connectivity index (χ3v) is 36.7. The van der Waals surface area contributed by atoms with Gasteiger partial charge in [0.05, 0.1) is 0 Å². The van der Waals surface area contributed by atoms with E-state index >= 15 is 0 Å². The number of hydrogen-bond acceptors (Lipinski definition) is 1. The van der Waals surface area contributed by atoms with Crippen LogP contribution in [0.5, 0.6) is 0 Å². The molecule has 123 heavy (non-hydrogen) atoms. The zero-order valence-electron chi connectivity index (χ0n) is 90.0. The first-order valence-electron chi connectivity index (χ1n) is 53.8. The maximum atomic E-state index is 10.3. The quantitative estimate of drug-likeness (QED) is 0.0316. The van der Waals surface area contributed by atoms with Gasteiger partial charge < -0.3 is 4.12 Å². The Morgan fingerprint density at radius 3 is 0.350 bits per heavy atom. The van der Waals surface area contributed by atoms with Gasteiger partial charge in [0.25, 0.3) is 18.1 Å². The fraction of sp³-hybridized carbons (Fsp3) is 0.800. The van der Waals surface area contributed by atoms with Gasteiger partial charge in [-0.2, -0.15) is 0 Å². The van der Waals surface area contributed by atoms with Crippen LogP contribution in [-0.2, 0) is 69.1 Å². The number of rotatable bonds is 66. The zero-order chi connectivity index (χ0) is 92.7. The van der Waals surface area contributed by atoms with Crippen LogP contribution in [0.1, 0.15) is 624 Å². The van der Waals surface area contributed by atoms with Crippen molar-refractivity contribution in [1.29, 1.82) is 0 Å². The molecular weight excluding hydrogens is 1510 g/mol. The summed E-state index contributed by atoms with van der Waals surface area (Å²) in [5, 5.41) is 6.34. The van der Waals surface area contributed by atoms with E-state index < -0.39 is 18.1 Å². The van der Waals surface area contributed by atoms with Crippen molar-refractivity contribution >= 4 is 38.8 Å². The van der Waals surface area contributed by atoms with Crippen molar-refractivity contribution in [1.82, 2.24) is 0 Å². The average Bonchev–Trinajstić information content (AvgIpc) is 0.720. The molecule has 0 saturated heterocycles. The van der Waals surface area contributed by atoms with Gasteiger partial charge in [0.2, 0.25) is 0 Å². The van der Waals surface area contributed by atoms with E-state index in [4.69, 9.17) is 0 Å². The maximum absolute atomic E-state index is 10.3. The molecule has 4 aromatic carbocycles. The summed E-state index contributed by atoms with van der Waals surface area (Å²) in [5.41, 5.74) is 18.1. The minimum absolute atomic E-state index is 0.0511. The largest absolute Gasteiger partial charge is 0.442 e. The molecule has 3 heteroatoms. The Morgan fingerprint density at radius 2 is 0.244 bits per heavy atom. The average molecular weight is 1730 g/mol. The van der Waals surface area contributed by atoms with Crippen molar-refractivity contribution < 1.29 is 4.12 Å². The first-order valence-corrected chi connectivity index (χ1v) is 56.6. The molecule has 0 heterocycles. The highest BCUT2D eigenvalue weighted by Crippen LogP contribution is 2.50. The molecular formula is C120H212OSi2. The lowest BCUT2D eigenvalue weighted by Crippen LogP contribution is -2.61. The van der Waals surface area contributed by atoms with Crippen molar-refractivity contribution in [2.75, 3.05) is 0 Å². The molecule has 0 N–H and O–H groups in total. The summed E-state index contributed by atoms with van der Waals surface area (Å²) in [7, 11) is -4.81. The molecule has 0 spiro atoms. The Labute approximate surface area is 775 Å². The number of hydrogen-bond donors (Lipinski definition) is 0. The monoisotopic (exact) mass is 1730 g/mol. The van der Waals surface area contributed by atoms with Crippen molar-refractivity contribution in [2.45, 2.75) is 622 Å². The standard InChI is InChI=1S/C120H212OSi2/c1-37-49-61-73-109(13,14)93-85-101(117(29,30)81-69-57-45-9)105(89-97(93)113(21,22)77-65-53-41-5)122(106-90-98(114(23,24)78-66-54-42-6)94(110(15,16)74-62-50-38-2)86-102(106)118(31,32)82-70-58-46-10)121-123(107-91-99(115(25,26)79-67-55-43-7)95(111(17,18)75-63-51-39-3)87-103(107)119(33,34)83-71-59-47-11)108-92-100(116(27,28)80-68-56-44-8)96(112(19,20)76-64-52-40-4)88-104(108)120(35,36)84-72-60-48-12/h85-92H,37-84H2,1-36H3. The first-order chi connectivity index (χ1) is 57.5. The minimum Gasteiger partial charge on any atom is -0.442 e. The normalized spacial score (nSPS) is 13.6. The van der Waals surface area contributed by atoms with Crippen LogP contribution < -0.4 is 20.7 Å². The Kier molecular flexibility index (Phi) is 47.0. The van der Waals surface area contributed by atoms with Gasteiger partial charge >= 0.3 is 0 Å². The summed E-state index contributed by atoms with van der Waals surface area (Å²) >= 11 is 0. The van der Waals surface area contributed by atoms with Crippen LogP contribution in [0.4, 0.5) is 0 Å². The summed E-state index contributed by atoms with van der Waals surface area (Å²) < 4.78 is 10.3. The highest BCUT2D eigenvalue weighted by atomic mass is 28.4. The van der Waals surface area contributed by atoms with Crippen molar-refractivity contribution in [2.24, 2.45) is 0 Å². The van der Waals surface area contributed by atoms with Crippen LogP contribution in [0.25, 0.3) is 0 Å². The van der Waals surface area contributed by atoms with Gasteiger partial charge in [-0.25, -0.2) is 0 Å². The first kappa shape index (κ1) is 113. The van der Waals surface area contributed by atoms with Crippen LogP contribution in [0.3, 0.4) is 0 Å². The second kappa shape index (κ2) is 51.3. The van der Waals surface area contributed by atoms with Crippen LogP contribution in [0, 0.1) is 0 Å². The second-order valence-electron chi connectivity index (χ2n) is 48.6. The topological polar surface area (TPSA) is 9.23 Å². The third kappa shape index (κ3) is 32.3. The molecule has 0 aliphatic rings. The van der Waals surface area contributed by atoms with E-state index in [1.54, 1.807) is 87.5 Å². The van der Waals surface area contributed by atoms with Gasteiger partial charge in [-0.3, -0.25) is 0 Å². The van der Waals surface area contributed by atoms with Gasteiger partial charge in [-0.05, 0) is 230 Å². The summed E-state index contributed by atoms with van der Waals surface area (Å²) in [6, 6.07) is 24.1. The molecule has 706 valence electrons. The molecule has 1 nitrogen and oxygen atoms in total. The lowest BCUT2D eigenvalue weighted by Gasteiger charge is -2.43. The summed E-state index contributed by atoms with van der Waals surface area (Å²) in [6.45, 7) is 94.2. The highest BCUT2D eigenvalue weighted by Gasteiger charge is 2.48. The molecule has 0 atom stereocenters. The predicted octanol–water partition coefficient (Wildman–Crippen LogP) is 36.9. The van der Waals surface area contributed by atoms with Gasteiger partial charge in [0.15, 0.2) is 0 Å². The lowest BCUT2D eigenvalue weighted by atomic mass is 9.67. The Morgan fingerprint density at radius 1 is 0.146 bits per heavy atom. The highest BCUT2D eigenvalue weighted by molar-refractivity contribution is 6.92. The van der Waals surface area contributed by atoms with Crippen LogP contribution in [0.2, 0.25) is 0 Å². The van der Waals surface area contributed by atoms with Crippen LogP contribution in [-0.4, -0.2) is 18.1 Å².